The van der Waals surface area contributed by atoms with E-state index in [0.29, 0.717) is 17.3 Å². The molecule has 2 N–H and O–H groups in total. The highest BCUT2D eigenvalue weighted by Crippen LogP contribution is 2.40. The van der Waals surface area contributed by atoms with E-state index >= 15 is 0 Å². The van der Waals surface area contributed by atoms with Gasteiger partial charge in [0, 0.05) is 5.69 Å². The van der Waals surface area contributed by atoms with Gasteiger partial charge in [-0.2, -0.15) is 0 Å². The summed E-state index contributed by atoms with van der Waals surface area (Å²) in [6.07, 6.45) is 4.48. The molecule has 2 aromatic carbocycles. The number of hydrogen-bond donors (Lipinski definition) is 2. The van der Waals surface area contributed by atoms with Crippen molar-refractivity contribution in [2.45, 2.75) is 52.0 Å². The molecule has 4 nitrogen and oxygen atoms in total. The summed E-state index contributed by atoms with van der Waals surface area (Å²) in [5.41, 5.74) is 4.67. The molecule has 28 heavy (non-hydrogen) atoms. The number of thiocarbonyl (C=S) groups is 1. The molecule has 1 aliphatic rings. The third-order valence-electron chi connectivity index (χ3n) is 5.55. The molecular formula is C23H28N2O2S. The van der Waals surface area contributed by atoms with Crippen molar-refractivity contribution >= 4 is 29.0 Å². The summed E-state index contributed by atoms with van der Waals surface area (Å²) >= 11 is 5.67. The van der Waals surface area contributed by atoms with E-state index in [2.05, 4.69) is 41.8 Å². The van der Waals surface area contributed by atoms with Crippen LogP contribution in [0.2, 0.25) is 0 Å². The average Bonchev–Trinajstić information content (AvgIpc) is 3.13. The van der Waals surface area contributed by atoms with Gasteiger partial charge in [0.2, 0.25) is 0 Å². The van der Waals surface area contributed by atoms with Gasteiger partial charge in [0.15, 0.2) is 5.11 Å². The Hall–Kier alpha value is -2.40. The fourth-order valence-electron chi connectivity index (χ4n) is 4.12. The monoisotopic (exact) mass is 396 g/mol. The van der Waals surface area contributed by atoms with Gasteiger partial charge in [-0.3, -0.25) is 0 Å². The van der Waals surface area contributed by atoms with Gasteiger partial charge >= 0.3 is 5.97 Å². The second-order valence-corrected chi connectivity index (χ2v) is 7.79. The van der Waals surface area contributed by atoms with Crippen LogP contribution >= 0.6 is 12.2 Å². The third kappa shape index (κ3) is 4.20. The van der Waals surface area contributed by atoms with Crippen LogP contribution in [-0.4, -0.2) is 17.7 Å². The van der Waals surface area contributed by atoms with Gasteiger partial charge in [0.05, 0.1) is 17.7 Å². The Labute approximate surface area is 172 Å². The Bertz CT molecular complexity index is 873. The lowest BCUT2D eigenvalue weighted by Gasteiger charge is -2.34. The zero-order valence-electron chi connectivity index (χ0n) is 16.8. The van der Waals surface area contributed by atoms with Crippen molar-refractivity contribution in [3.05, 3.63) is 64.7 Å². The average molecular weight is 397 g/mol. The van der Waals surface area contributed by atoms with E-state index in [1.807, 2.05) is 19.1 Å². The van der Waals surface area contributed by atoms with Crippen LogP contribution in [0, 0.1) is 13.8 Å². The highest BCUT2D eigenvalue weighted by molar-refractivity contribution is 7.80. The molecule has 0 saturated heterocycles. The quantitative estimate of drug-likeness (QED) is 0.535. The Morgan fingerprint density at radius 1 is 1.11 bits per heavy atom. The van der Waals surface area contributed by atoms with Crippen LogP contribution in [0.5, 0.6) is 0 Å². The smallest absolute Gasteiger partial charge is 0.338 e. The number of hydrogen-bond acceptors (Lipinski definition) is 3. The lowest BCUT2D eigenvalue weighted by atomic mass is 9.85. The second kappa shape index (κ2) is 8.74. The van der Waals surface area contributed by atoms with Gasteiger partial charge in [0.25, 0.3) is 0 Å². The molecular weight excluding hydrogens is 368 g/mol. The zero-order chi connectivity index (χ0) is 20.1. The highest BCUT2D eigenvalue weighted by atomic mass is 32.1. The fraction of sp³-hybridized carbons (Fsp3) is 0.391. The number of carbonyl (C=O) groups is 1. The minimum atomic E-state index is -0.310. The first-order valence-corrected chi connectivity index (χ1v) is 10.3. The summed E-state index contributed by atoms with van der Waals surface area (Å²) in [6, 6.07) is 14.1. The van der Waals surface area contributed by atoms with E-state index in [1.54, 1.807) is 13.0 Å². The highest BCUT2D eigenvalue weighted by Gasteiger charge is 2.37. The molecule has 1 saturated carbocycles. The zero-order valence-corrected chi connectivity index (χ0v) is 17.6. The second-order valence-electron chi connectivity index (χ2n) is 7.38. The van der Waals surface area contributed by atoms with Crippen LogP contribution in [0.4, 0.5) is 5.69 Å². The standard InChI is InChI=1S/C23H28N2O2S/c1-4-27-21(26)18-11-9-13-20(17(18)3)24-22(28)25-23(14-7-8-15-23)19-12-6-5-10-16(19)2/h5-6,9-13H,4,7-8,14-15H2,1-3H3,(H2,24,25,28). The summed E-state index contributed by atoms with van der Waals surface area (Å²) < 4.78 is 5.15. The molecule has 0 atom stereocenters. The van der Waals surface area contributed by atoms with Crippen molar-refractivity contribution in [1.82, 2.24) is 5.32 Å². The summed E-state index contributed by atoms with van der Waals surface area (Å²) in [6.45, 7) is 6.22. The Morgan fingerprint density at radius 2 is 1.82 bits per heavy atom. The number of nitrogens with one attached hydrogen (secondary N) is 2. The molecule has 1 aliphatic carbocycles. The molecule has 0 radical (unpaired) electrons. The lowest BCUT2D eigenvalue weighted by molar-refractivity contribution is 0.0525. The van der Waals surface area contributed by atoms with Crippen molar-refractivity contribution in [2.75, 3.05) is 11.9 Å². The van der Waals surface area contributed by atoms with Gasteiger partial charge < -0.3 is 15.4 Å². The molecule has 0 unspecified atom stereocenters. The molecule has 148 valence electrons. The fourth-order valence-corrected chi connectivity index (χ4v) is 4.43. The number of rotatable bonds is 5. The number of benzene rings is 2. The van der Waals surface area contributed by atoms with E-state index in [0.717, 1.165) is 24.1 Å². The minimum Gasteiger partial charge on any atom is -0.462 e. The molecule has 0 aromatic heterocycles. The van der Waals surface area contributed by atoms with Crippen LogP contribution < -0.4 is 10.6 Å². The van der Waals surface area contributed by atoms with Crippen LogP contribution in [0.1, 0.15) is 59.7 Å². The first-order chi connectivity index (χ1) is 13.5. The number of anilines is 1. The minimum absolute atomic E-state index is 0.137. The number of carbonyl (C=O) groups excluding carboxylic acids is 1. The number of ether oxygens (including phenoxy) is 1. The molecule has 0 amide bonds. The van der Waals surface area contributed by atoms with Gasteiger partial charge in [0.1, 0.15) is 0 Å². The molecule has 0 heterocycles. The van der Waals surface area contributed by atoms with Crippen molar-refractivity contribution in [3.8, 4) is 0 Å². The molecule has 0 spiro atoms. The molecule has 0 aliphatic heterocycles. The Balaban J connectivity index is 1.81. The summed E-state index contributed by atoms with van der Waals surface area (Å²) in [5.74, 6) is -0.310. The lowest BCUT2D eigenvalue weighted by Crippen LogP contribution is -2.46. The summed E-state index contributed by atoms with van der Waals surface area (Å²) in [7, 11) is 0. The summed E-state index contributed by atoms with van der Waals surface area (Å²) in [4.78, 5) is 12.2. The SMILES string of the molecule is CCOC(=O)c1cccc(NC(=S)NC2(c3ccccc3C)CCCC2)c1C. The topological polar surface area (TPSA) is 50.4 Å². The largest absolute Gasteiger partial charge is 0.462 e. The molecule has 5 heteroatoms. The normalized spacial score (nSPS) is 15.1. The van der Waals surface area contributed by atoms with Crippen LogP contribution in [0.3, 0.4) is 0 Å². The maximum Gasteiger partial charge on any atom is 0.338 e. The van der Waals surface area contributed by atoms with Gasteiger partial charge in [-0.05, 0) is 74.7 Å². The molecule has 1 fully saturated rings. The van der Waals surface area contributed by atoms with Crippen LogP contribution in [0.15, 0.2) is 42.5 Å². The van der Waals surface area contributed by atoms with E-state index in [1.165, 1.54) is 24.0 Å². The Kier molecular flexibility index (Phi) is 6.35. The first-order valence-electron chi connectivity index (χ1n) is 9.89. The van der Waals surface area contributed by atoms with Crippen molar-refractivity contribution < 1.29 is 9.53 Å². The van der Waals surface area contributed by atoms with Gasteiger partial charge in [-0.15, -0.1) is 0 Å². The predicted octanol–water partition coefficient (Wildman–Crippen LogP) is 5.24. The number of esters is 1. The maximum absolute atomic E-state index is 12.2. The summed E-state index contributed by atoms with van der Waals surface area (Å²) in [5, 5.41) is 7.48. The van der Waals surface area contributed by atoms with E-state index in [-0.39, 0.29) is 11.5 Å². The molecule has 0 bridgehead atoms. The van der Waals surface area contributed by atoms with Crippen LogP contribution in [0.25, 0.3) is 0 Å². The number of aryl methyl sites for hydroxylation is 1. The van der Waals surface area contributed by atoms with Crippen molar-refractivity contribution in [2.24, 2.45) is 0 Å². The van der Waals surface area contributed by atoms with Crippen molar-refractivity contribution in [1.29, 1.82) is 0 Å². The van der Waals surface area contributed by atoms with Gasteiger partial charge in [-0.25, -0.2) is 4.79 Å². The Morgan fingerprint density at radius 3 is 2.50 bits per heavy atom. The first kappa shape index (κ1) is 20.3. The van der Waals surface area contributed by atoms with E-state index < -0.39 is 0 Å². The maximum atomic E-state index is 12.2. The molecule has 3 rings (SSSR count). The van der Waals surface area contributed by atoms with Crippen molar-refractivity contribution in [3.63, 3.8) is 0 Å². The van der Waals surface area contributed by atoms with E-state index in [4.69, 9.17) is 17.0 Å². The van der Waals surface area contributed by atoms with Crippen LogP contribution in [-0.2, 0) is 10.3 Å². The van der Waals surface area contributed by atoms with E-state index in [9.17, 15) is 4.79 Å². The molecule has 2 aromatic rings. The predicted molar refractivity (Wildman–Crippen MR) is 118 cm³/mol. The van der Waals surface area contributed by atoms with Gasteiger partial charge in [-0.1, -0.05) is 43.2 Å². The third-order valence-corrected chi connectivity index (χ3v) is 5.75.